The molecule has 1 aromatic rings. The standard InChI is InChI=1S/C24H46O3Si2/c1-23(2,3)28(7,8)26-19-22(20-27-29(9,10)24(4,5)6)16-17-25-18-21-14-12-11-13-15-21/h11-15,22H,16-20H2,1-10H3. The monoisotopic (exact) mass is 438 g/mol. The molecule has 0 heterocycles. The van der Waals surface area contributed by atoms with E-state index in [0.717, 1.165) is 26.2 Å². The van der Waals surface area contributed by atoms with Crippen molar-refractivity contribution < 1.29 is 13.6 Å². The quantitative estimate of drug-likeness (QED) is 0.269. The fraction of sp³-hybridized carbons (Fsp3) is 0.750. The second kappa shape index (κ2) is 10.7. The molecule has 0 N–H and O–H groups in total. The van der Waals surface area contributed by atoms with E-state index in [1.165, 1.54) is 5.56 Å². The summed E-state index contributed by atoms with van der Waals surface area (Å²) in [6.07, 6.45) is 0.968. The Bertz CT molecular complexity index is 556. The van der Waals surface area contributed by atoms with Crippen LogP contribution in [0.4, 0.5) is 0 Å². The third-order valence-corrected chi connectivity index (χ3v) is 15.8. The minimum atomic E-state index is -1.76. The predicted octanol–water partition coefficient (Wildman–Crippen LogP) is 7.25. The van der Waals surface area contributed by atoms with Crippen molar-refractivity contribution in [3.8, 4) is 0 Å². The number of ether oxygens (including phenoxy) is 1. The maximum Gasteiger partial charge on any atom is 0.191 e. The van der Waals surface area contributed by atoms with E-state index in [4.69, 9.17) is 13.6 Å². The molecule has 5 heteroatoms. The van der Waals surface area contributed by atoms with Gasteiger partial charge in [0, 0.05) is 25.7 Å². The molecular formula is C24H46O3Si2. The van der Waals surface area contributed by atoms with Gasteiger partial charge in [-0.05, 0) is 48.2 Å². The molecule has 0 saturated heterocycles. The van der Waals surface area contributed by atoms with Crippen molar-refractivity contribution in [3.05, 3.63) is 35.9 Å². The third kappa shape index (κ3) is 9.05. The van der Waals surface area contributed by atoms with Crippen molar-refractivity contribution in [1.82, 2.24) is 0 Å². The minimum Gasteiger partial charge on any atom is -0.416 e. The zero-order chi connectivity index (χ0) is 22.3. The van der Waals surface area contributed by atoms with Gasteiger partial charge < -0.3 is 13.6 Å². The highest BCUT2D eigenvalue weighted by Crippen LogP contribution is 2.38. The lowest BCUT2D eigenvalue weighted by Crippen LogP contribution is -2.44. The summed E-state index contributed by atoms with van der Waals surface area (Å²) in [6, 6.07) is 10.4. The van der Waals surface area contributed by atoms with Crippen LogP contribution in [0, 0.1) is 5.92 Å². The Morgan fingerprint density at radius 1 is 0.759 bits per heavy atom. The van der Waals surface area contributed by atoms with E-state index in [2.05, 4.69) is 92.0 Å². The molecule has 0 bridgehead atoms. The van der Waals surface area contributed by atoms with E-state index in [-0.39, 0.29) is 10.1 Å². The summed E-state index contributed by atoms with van der Waals surface area (Å²) in [5.74, 6) is 0.369. The van der Waals surface area contributed by atoms with E-state index >= 15 is 0 Å². The Morgan fingerprint density at radius 3 is 1.62 bits per heavy atom. The molecule has 0 radical (unpaired) electrons. The Kier molecular flexibility index (Phi) is 9.82. The maximum atomic E-state index is 6.54. The molecule has 0 aliphatic heterocycles. The molecule has 29 heavy (non-hydrogen) atoms. The number of benzene rings is 1. The van der Waals surface area contributed by atoms with Crippen molar-refractivity contribution >= 4 is 16.6 Å². The zero-order valence-electron chi connectivity index (χ0n) is 20.7. The smallest absolute Gasteiger partial charge is 0.191 e. The maximum absolute atomic E-state index is 6.54. The molecule has 1 aromatic carbocycles. The predicted molar refractivity (Wildman–Crippen MR) is 131 cm³/mol. The van der Waals surface area contributed by atoms with Crippen LogP contribution in [0.2, 0.25) is 36.3 Å². The van der Waals surface area contributed by atoms with E-state index in [9.17, 15) is 0 Å². The topological polar surface area (TPSA) is 27.7 Å². The van der Waals surface area contributed by atoms with Crippen LogP contribution in [0.3, 0.4) is 0 Å². The van der Waals surface area contributed by atoms with Crippen LogP contribution in [0.15, 0.2) is 30.3 Å². The van der Waals surface area contributed by atoms with Crippen molar-refractivity contribution in [2.75, 3.05) is 19.8 Å². The number of hydrogen-bond donors (Lipinski definition) is 0. The van der Waals surface area contributed by atoms with Gasteiger partial charge in [0.15, 0.2) is 16.6 Å². The van der Waals surface area contributed by atoms with Crippen molar-refractivity contribution in [2.45, 2.75) is 90.8 Å². The highest BCUT2D eigenvalue weighted by atomic mass is 28.4. The normalized spacial score (nSPS) is 13.9. The van der Waals surface area contributed by atoms with Gasteiger partial charge in [0.05, 0.1) is 6.61 Å². The Morgan fingerprint density at radius 2 is 1.21 bits per heavy atom. The van der Waals surface area contributed by atoms with Crippen LogP contribution in [0.5, 0.6) is 0 Å². The molecule has 0 aliphatic rings. The minimum absolute atomic E-state index is 0.224. The Hall–Kier alpha value is -0.466. The fourth-order valence-corrected chi connectivity index (χ4v) is 4.49. The van der Waals surface area contributed by atoms with Crippen molar-refractivity contribution in [1.29, 1.82) is 0 Å². The highest BCUT2D eigenvalue weighted by molar-refractivity contribution is 6.74. The summed E-state index contributed by atoms with van der Waals surface area (Å²) in [7, 11) is -3.53. The summed E-state index contributed by atoms with van der Waals surface area (Å²) in [5, 5.41) is 0.448. The average molecular weight is 439 g/mol. The van der Waals surface area contributed by atoms with Gasteiger partial charge in [-0.3, -0.25) is 0 Å². The summed E-state index contributed by atoms with van der Waals surface area (Å²) in [4.78, 5) is 0. The zero-order valence-corrected chi connectivity index (χ0v) is 22.7. The summed E-state index contributed by atoms with van der Waals surface area (Å²) >= 11 is 0. The van der Waals surface area contributed by atoms with Gasteiger partial charge in [-0.15, -0.1) is 0 Å². The SMILES string of the molecule is CC(C)(C)[Si](C)(C)OCC(CCOCc1ccccc1)CO[Si](C)(C)C(C)(C)C. The molecular weight excluding hydrogens is 392 g/mol. The Labute approximate surface area is 182 Å². The Balaban J connectivity index is 2.64. The molecule has 0 saturated carbocycles. The molecule has 0 fully saturated rings. The van der Waals surface area contributed by atoms with E-state index in [1.807, 2.05) is 6.07 Å². The van der Waals surface area contributed by atoms with Crippen LogP contribution < -0.4 is 0 Å². The highest BCUT2D eigenvalue weighted by Gasteiger charge is 2.39. The molecule has 0 unspecified atom stereocenters. The van der Waals surface area contributed by atoms with Crippen LogP contribution >= 0.6 is 0 Å². The second-order valence-corrected chi connectivity index (χ2v) is 21.0. The van der Waals surface area contributed by atoms with Gasteiger partial charge >= 0.3 is 0 Å². The first-order valence-corrected chi connectivity index (χ1v) is 16.9. The summed E-state index contributed by atoms with van der Waals surface area (Å²) < 4.78 is 19.0. The molecule has 0 spiro atoms. The van der Waals surface area contributed by atoms with Crippen molar-refractivity contribution in [3.63, 3.8) is 0 Å². The van der Waals surface area contributed by atoms with Gasteiger partial charge in [-0.1, -0.05) is 71.9 Å². The first-order valence-electron chi connectivity index (χ1n) is 11.1. The summed E-state index contributed by atoms with van der Waals surface area (Å²) in [5.41, 5.74) is 1.22. The molecule has 0 atom stereocenters. The van der Waals surface area contributed by atoms with Gasteiger partial charge in [-0.25, -0.2) is 0 Å². The van der Waals surface area contributed by atoms with Crippen LogP contribution in [0.25, 0.3) is 0 Å². The number of rotatable bonds is 11. The lowest BCUT2D eigenvalue weighted by atomic mass is 10.1. The molecule has 1 rings (SSSR count). The third-order valence-electron chi connectivity index (χ3n) is 6.75. The van der Waals surface area contributed by atoms with E-state index in [1.54, 1.807) is 0 Å². The summed E-state index contributed by atoms with van der Waals surface area (Å²) in [6.45, 7) is 26.0. The fourth-order valence-electron chi connectivity index (χ4n) is 2.31. The molecule has 0 aliphatic carbocycles. The molecule has 3 nitrogen and oxygen atoms in total. The van der Waals surface area contributed by atoms with Crippen LogP contribution in [0.1, 0.15) is 53.5 Å². The van der Waals surface area contributed by atoms with Gasteiger partial charge in [0.1, 0.15) is 0 Å². The lowest BCUT2D eigenvalue weighted by molar-refractivity contribution is 0.0797. The second-order valence-electron chi connectivity index (χ2n) is 11.3. The average Bonchev–Trinajstić information content (AvgIpc) is 2.59. The van der Waals surface area contributed by atoms with E-state index < -0.39 is 16.6 Å². The van der Waals surface area contributed by atoms with Gasteiger partial charge in [-0.2, -0.15) is 0 Å². The van der Waals surface area contributed by atoms with Crippen LogP contribution in [-0.4, -0.2) is 36.5 Å². The van der Waals surface area contributed by atoms with Gasteiger partial charge in [0.2, 0.25) is 0 Å². The van der Waals surface area contributed by atoms with E-state index in [0.29, 0.717) is 12.5 Å². The van der Waals surface area contributed by atoms with Crippen LogP contribution in [-0.2, 0) is 20.2 Å². The van der Waals surface area contributed by atoms with Crippen molar-refractivity contribution in [2.24, 2.45) is 5.92 Å². The first kappa shape index (κ1) is 26.6. The molecule has 0 aromatic heterocycles. The van der Waals surface area contributed by atoms with Gasteiger partial charge in [0.25, 0.3) is 0 Å². The molecule has 168 valence electrons. The number of hydrogen-bond acceptors (Lipinski definition) is 3. The first-order chi connectivity index (χ1) is 13.2. The largest absolute Gasteiger partial charge is 0.416 e. The molecule has 0 amide bonds. The lowest BCUT2D eigenvalue weighted by Gasteiger charge is -2.39.